The molecule has 0 spiro atoms. The van der Waals surface area contributed by atoms with Crippen LogP contribution in [0.5, 0.6) is 0 Å². The maximum Gasteiger partial charge on any atom is 0.240 e. The van der Waals surface area contributed by atoms with Crippen molar-refractivity contribution < 1.29 is 33.3 Å². The molecule has 1 fully saturated rings. The zero-order valence-electron chi connectivity index (χ0n) is 23.4. The predicted molar refractivity (Wildman–Crippen MR) is 156 cm³/mol. The summed E-state index contributed by atoms with van der Waals surface area (Å²) in [6.45, 7) is 0.730. The number of β-amino-alcohol motifs (C(OH)–C–C–N with tert-alkyl or cyclic N) is 1. The normalized spacial score (nSPS) is 21.7. The van der Waals surface area contributed by atoms with E-state index in [9.17, 15) is 28.8 Å². The number of aliphatic hydroxyl groups excluding tert-OH is 4. The second-order valence-corrected chi connectivity index (χ2v) is 12.4. The maximum atomic E-state index is 12.7. The maximum absolute atomic E-state index is 12.7. The molecule has 1 aliphatic rings. The molecule has 0 bridgehead atoms. The fourth-order valence-electron chi connectivity index (χ4n) is 4.96. The first-order valence-corrected chi connectivity index (χ1v) is 15.3. The number of aromatic nitrogens is 1. The van der Waals surface area contributed by atoms with Gasteiger partial charge in [-0.1, -0.05) is 12.8 Å². The van der Waals surface area contributed by atoms with Crippen molar-refractivity contribution in [3.63, 3.8) is 0 Å². The number of benzene rings is 2. The van der Waals surface area contributed by atoms with E-state index in [-0.39, 0.29) is 18.0 Å². The Hall–Kier alpha value is -2.84. The van der Waals surface area contributed by atoms with E-state index in [0.29, 0.717) is 36.7 Å². The number of hydrogen-bond acceptors (Lipinski definition) is 10. The number of hydrogen-bond donors (Lipinski definition) is 5. The first kappa shape index (κ1) is 31.1. The lowest BCUT2D eigenvalue weighted by Gasteiger charge is -2.43. The van der Waals surface area contributed by atoms with Gasteiger partial charge in [0.15, 0.2) is 5.76 Å². The van der Waals surface area contributed by atoms with Crippen molar-refractivity contribution in [3.8, 4) is 22.8 Å². The molecule has 0 radical (unpaired) electrons. The highest BCUT2D eigenvalue weighted by atomic mass is 32.2. The highest BCUT2D eigenvalue weighted by Gasteiger charge is 2.40. The summed E-state index contributed by atoms with van der Waals surface area (Å²) < 4.78 is 34.0. The minimum absolute atomic E-state index is 0.159. The molecule has 1 aliphatic heterocycles. The number of nitrogens with zero attached hydrogens (tertiary/aromatic N) is 3. The Morgan fingerprint density at radius 1 is 0.951 bits per heavy atom. The molecule has 41 heavy (non-hydrogen) atoms. The van der Waals surface area contributed by atoms with Crippen LogP contribution in [0.25, 0.3) is 22.8 Å². The quantitative estimate of drug-likeness (QED) is 0.186. The predicted octanol–water partition coefficient (Wildman–Crippen LogP) is 1.67. The van der Waals surface area contributed by atoms with Crippen molar-refractivity contribution in [1.29, 1.82) is 0 Å². The molecule has 4 atom stereocenters. The van der Waals surface area contributed by atoms with Crippen LogP contribution in [0.2, 0.25) is 0 Å². The number of aliphatic hydroxyl groups is 4. The Morgan fingerprint density at radius 2 is 1.61 bits per heavy atom. The van der Waals surface area contributed by atoms with Gasteiger partial charge >= 0.3 is 0 Å². The van der Waals surface area contributed by atoms with E-state index >= 15 is 0 Å². The van der Waals surface area contributed by atoms with Crippen LogP contribution in [-0.4, -0.2) is 103 Å². The van der Waals surface area contributed by atoms with Gasteiger partial charge in [-0.25, -0.2) is 18.1 Å². The zero-order chi connectivity index (χ0) is 29.6. The first-order chi connectivity index (χ1) is 19.6. The van der Waals surface area contributed by atoms with Crippen molar-refractivity contribution in [3.05, 3.63) is 54.7 Å². The van der Waals surface area contributed by atoms with Crippen molar-refractivity contribution in [2.24, 2.45) is 0 Å². The van der Waals surface area contributed by atoms with E-state index in [0.717, 1.165) is 30.5 Å². The molecule has 0 amide bonds. The Kier molecular flexibility index (Phi) is 10.5. The van der Waals surface area contributed by atoms with E-state index in [1.54, 1.807) is 23.2 Å². The standard InChI is InChI=1S/C29H40N4O7S/c1-32(2)22-11-7-20(8-12-22)26-17-30-29(40-26)21-9-13-23(14-10-21)41(38,39)31-15-5-3-4-6-16-33-18-25(35)28(37)27(36)24(33)19-34/h7-14,17,24-25,27-28,31,34-37H,3-6,15-16,18-19H2,1-2H3/t24-,25+,27-,28-/m1/s1. The monoisotopic (exact) mass is 588 g/mol. The van der Waals surface area contributed by atoms with Gasteiger partial charge in [-0.3, -0.25) is 4.90 Å². The summed E-state index contributed by atoms with van der Waals surface area (Å²) >= 11 is 0. The summed E-state index contributed by atoms with van der Waals surface area (Å²) in [5.41, 5.74) is 2.65. The van der Waals surface area contributed by atoms with Gasteiger partial charge in [0.05, 0.1) is 29.8 Å². The molecule has 0 aliphatic carbocycles. The average molecular weight is 589 g/mol. The van der Waals surface area contributed by atoms with E-state index in [2.05, 4.69) is 9.71 Å². The van der Waals surface area contributed by atoms with Crippen LogP contribution in [-0.2, 0) is 10.0 Å². The summed E-state index contributed by atoms with van der Waals surface area (Å²) in [5, 5.41) is 39.3. The third-order valence-electron chi connectivity index (χ3n) is 7.47. The van der Waals surface area contributed by atoms with Crippen LogP contribution in [0.15, 0.2) is 64.0 Å². The number of sulfonamides is 1. The zero-order valence-corrected chi connectivity index (χ0v) is 24.2. The second kappa shape index (κ2) is 13.9. The molecule has 1 aromatic heterocycles. The Labute approximate surface area is 241 Å². The summed E-state index contributed by atoms with van der Waals surface area (Å²) in [6, 6.07) is 13.7. The summed E-state index contributed by atoms with van der Waals surface area (Å²) in [4.78, 5) is 8.31. The minimum Gasteiger partial charge on any atom is -0.436 e. The molecule has 0 unspecified atom stereocenters. The SMILES string of the molecule is CN(C)c1ccc(-c2cnc(-c3ccc(S(=O)(=O)NCCCCCCN4C[C@H](O)[C@@H](O)[C@H](O)[C@H]4CO)cc3)o2)cc1. The Bertz CT molecular complexity index is 1350. The highest BCUT2D eigenvalue weighted by Crippen LogP contribution is 2.28. The molecule has 12 heteroatoms. The van der Waals surface area contributed by atoms with Gasteiger partial charge in [0, 0.05) is 44.0 Å². The van der Waals surface area contributed by atoms with Gasteiger partial charge in [0.25, 0.3) is 0 Å². The number of anilines is 1. The van der Waals surface area contributed by atoms with Crippen molar-refractivity contribution in [2.75, 3.05) is 45.2 Å². The lowest BCUT2D eigenvalue weighted by molar-refractivity contribution is -0.145. The molecule has 2 heterocycles. The highest BCUT2D eigenvalue weighted by molar-refractivity contribution is 7.89. The van der Waals surface area contributed by atoms with Crippen molar-refractivity contribution in [1.82, 2.24) is 14.6 Å². The number of oxazole rings is 1. The molecule has 11 nitrogen and oxygen atoms in total. The van der Waals surface area contributed by atoms with Crippen LogP contribution in [0.3, 0.4) is 0 Å². The fourth-order valence-corrected chi connectivity index (χ4v) is 6.03. The van der Waals surface area contributed by atoms with Gasteiger partial charge < -0.3 is 29.7 Å². The Balaban J connectivity index is 1.21. The van der Waals surface area contributed by atoms with Crippen LogP contribution in [0.4, 0.5) is 5.69 Å². The number of nitrogens with one attached hydrogen (secondary N) is 1. The van der Waals surface area contributed by atoms with Crippen LogP contribution >= 0.6 is 0 Å². The number of unbranched alkanes of at least 4 members (excludes halogenated alkanes) is 3. The molecular formula is C29H40N4O7S. The fraction of sp³-hybridized carbons (Fsp3) is 0.483. The van der Waals surface area contributed by atoms with Gasteiger partial charge in [-0.15, -0.1) is 0 Å². The van der Waals surface area contributed by atoms with Crippen LogP contribution < -0.4 is 9.62 Å². The molecule has 1 saturated heterocycles. The summed E-state index contributed by atoms with van der Waals surface area (Å²) in [5.74, 6) is 1.03. The molecule has 4 rings (SSSR count). The number of rotatable bonds is 13. The Morgan fingerprint density at radius 3 is 2.27 bits per heavy atom. The summed E-state index contributed by atoms with van der Waals surface area (Å²) in [7, 11) is 0.285. The van der Waals surface area contributed by atoms with E-state index in [1.165, 1.54) is 12.1 Å². The van der Waals surface area contributed by atoms with Gasteiger partial charge in [-0.05, 0) is 67.9 Å². The molecule has 5 N–H and O–H groups in total. The second-order valence-electron chi connectivity index (χ2n) is 10.6. The van der Waals surface area contributed by atoms with Crippen LogP contribution in [0.1, 0.15) is 25.7 Å². The minimum atomic E-state index is -3.67. The van der Waals surface area contributed by atoms with E-state index in [1.807, 2.05) is 43.3 Å². The topological polar surface area (TPSA) is 160 Å². The third-order valence-corrected chi connectivity index (χ3v) is 8.94. The lowest BCUT2D eigenvalue weighted by atomic mass is 9.94. The molecule has 2 aromatic carbocycles. The third kappa shape index (κ3) is 7.72. The van der Waals surface area contributed by atoms with Gasteiger partial charge in [-0.2, -0.15) is 0 Å². The molecule has 3 aromatic rings. The molecule has 0 saturated carbocycles. The first-order valence-electron chi connectivity index (χ1n) is 13.8. The van der Waals surface area contributed by atoms with Gasteiger partial charge in [0.2, 0.25) is 15.9 Å². The average Bonchev–Trinajstić information content (AvgIpc) is 3.46. The van der Waals surface area contributed by atoms with Crippen molar-refractivity contribution >= 4 is 15.7 Å². The number of likely N-dealkylation sites (tertiary alicyclic amines) is 1. The lowest BCUT2D eigenvalue weighted by Crippen LogP contribution is -2.62. The van der Waals surface area contributed by atoms with Crippen LogP contribution in [0, 0.1) is 0 Å². The molecular weight excluding hydrogens is 548 g/mol. The van der Waals surface area contributed by atoms with Crippen molar-refractivity contribution in [2.45, 2.75) is 54.9 Å². The summed E-state index contributed by atoms with van der Waals surface area (Å²) in [6.07, 6.45) is 1.14. The van der Waals surface area contributed by atoms with E-state index in [4.69, 9.17) is 4.42 Å². The molecule has 224 valence electrons. The largest absolute Gasteiger partial charge is 0.436 e. The smallest absolute Gasteiger partial charge is 0.240 e. The van der Waals surface area contributed by atoms with Gasteiger partial charge in [0.1, 0.15) is 12.2 Å². The van der Waals surface area contributed by atoms with E-state index < -0.39 is 34.4 Å². The number of piperidine rings is 1.